The molecule has 3 nitrogen and oxygen atoms in total. The number of nitrogens with zero attached hydrogens (tertiary/aromatic N) is 2. The van der Waals surface area contributed by atoms with Gasteiger partial charge in [0.15, 0.2) is 0 Å². The molecule has 0 bridgehead atoms. The van der Waals surface area contributed by atoms with E-state index in [0.717, 1.165) is 17.9 Å². The van der Waals surface area contributed by atoms with Crippen LogP contribution in [0.3, 0.4) is 0 Å². The van der Waals surface area contributed by atoms with Crippen molar-refractivity contribution in [3.05, 3.63) is 52.5 Å². The maximum Gasteiger partial charge on any atom is 0.123 e. The van der Waals surface area contributed by atoms with E-state index in [1.165, 1.54) is 10.4 Å². The van der Waals surface area contributed by atoms with E-state index in [-0.39, 0.29) is 0 Å². The average molecular weight is 299 g/mol. The van der Waals surface area contributed by atoms with E-state index in [2.05, 4.69) is 66.5 Å². The van der Waals surface area contributed by atoms with E-state index in [4.69, 9.17) is 4.98 Å². The van der Waals surface area contributed by atoms with E-state index in [1.54, 1.807) is 0 Å². The molecule has 2 aromatic heterocycles. The fourth-order valence-corrected chi connectivity index (χ4v) is 3.66. The number of hydrogen-bond donors (Lipinski definition) is 1. The molecule has 0 saturated heterocycles. The Bertz CT molecular complexity index is 713. The van der Waals surface area contributed by atoms with Crippen molar-refractivity contribution in [2.24, 2.45) is 13.0 Å². The molecule has 3 aromatic rings. The highest BCUT2D eigenvalue weighted by Gasteiger charge is 2.17. The number of thiophene rings is 1. The molecule has 1 aromatic carbocycles. The number of rotatable bonds is 5. The Hall–Kier alpha value is -1.65. The Kier molecular flexibility index (Phi) is 4.08. The number of aryl methyl sites for hydroxylation is 1. The number of nitrogens with one attached hydrogen (secondary N) is 1. The van der Waals surface area contributed by atoms with Crippen LogP contribution in [0.15, 0.2) is 41.8 Å². The van der Waals surface area contributed by atoms with Gasteiger partial charge in [0, 0.05) is 18.0 Å². The fraction of sp³-hybridized carbons (Fsp3) is 0.353. The van der Waals surface area contributed by atoms with Crippen molar-refractivity contribution in [3.8, 4) is 0 Å². The van der Waals surface area contributed by atoms with Crippen LogP contribution >= 0.6 is 11.3 Å². The second-order valence-corrected chi connectivity index (χ2v) is 6.67. The third kappa shape index (κ3) is 2.87. The molecule has 0 radical (unpaired) electrons. The van der Waals surface area contributed by atoms with Crippen LogP contribution < -0.4 is 5.32 Å². The largest absolute Gasteiger partial charge is 0.330 e. The van der Waals surface area contributed by atoms with Gasteiger partial charge >= 0.3 is 0 Å². The predicted molar refractivity (Wildman–Crippen MR) is 89.5 cm³/mol. The zero-order valence-corrected chi connectivity index (χ0v) is 13.5. The SMILES string of the molecule is CC(C)C(NCc1nc2ccccc2n1C)c1cccs1. The van der Waals surface area contributed by atoms with Crippen molar-refractivity contribution in [1.29, 1.82) is 0 Å². The monoisotopic (exact) mass is 299 g/mol. The van der Waals surface area contributed by atoms with E-state index in [9.17, 15) is 0 Å². The Labute approximate surface area is 129 Å². The fourth-order valence-electron chi connectivity index (χ4n) is 2.69. The molecule has 4 heteroatoms. The van der Waals surface area contributed by atoms with Crippen LogP contribution in [0.25, 0.3) is 11.0 Å². The Morgan fingerprint density at radius 3 is 2.67 bits per heavy atom. The summed E-state index contributed by atoms with van der Waals surface area (Å²) in [7, 11) is 2.09. The molecular weight excluding hydrogens is 278 g/mol. The minimum absolute atomic E-state index is 0.379. The van der Waals surface area contributed by atoms with Gasteiger partial charge in [0.25, 0.3) is 0 Å². The van der Waals surface area contributed by atoms with Crippen LogP contribution in [0, 0.1) is 5.92 Å². The minimum Gasteiger partial charge on any atom is -0.330 e. The molecule has 1 N–H and O–H groups in total. The molecule has 0 aliphatic carbocycles. The summed E-state index contributed by atoms with van der Waals surface area (Å²) in [6, 6.07) is 13.0. The van der Waals surface area contributed by atoms with Crippen molar-refractivity contribution >= 4 is 22.4 Å². The van der Waals surface area contributed by atoms with Crippen LogP contribution in [-0.4, -0.2) is 9.55 Å². The second-order valence-electron chi connectivity index (χ2n) is 5.69. The summed E-state index contributed by atoms with van der Waals surface area (Å²) < 4.78 is 2.17. The molecule has 1 unspecified atom stereocenters. The zero-order valence-electron chi connectivity index (χ0n) is 12.7. The molecule has 21 heavy (non-hydrogen) atoms. The van der Waals surface area contributed by atoms with E-state index in [0.29, 0.717) is 12.0 Å². The Balaban J connectivity index is 1.80. The standard InChI is InChI=1S/C17H21N3S/c1-12(2)17(15-9-6-10-21-15)18-11-16-19-13-7-4-5-8-14(13)20(16)3/h4-10,12,17-18H,11H2,1-3H3. The third-order valence-corrected chi connectivity index (χ3v) is 4.83. The molecule has 1 atom stereocenters. The summed E-state index contributed by atoms with van der Waals surface area (Å²) in [6.45, 7) is 5.30. The van der Waals surface area contributed by atoms with Crippen LogP contribution in [0.2, 0.25) is 0 Å². The van der Waals surface area contributed by atoms with Gasteiger partial charge in [-0.3, -0.25) is 0 Å². The van der Waals surface area contributed by atoms with E-state index >= 15 is 0 Å². The quantitative estimate of drug-likeness (QED) is 0.768. The maximum atomic E-state index is 4.73. The average Bonchev–Trinajstić information content (AvgIpc) is 3.09. The van der Waals surface area contributed by atoms with Crippen LogP contribution in [-0.2, 0) is 13.6 Å². The van der Waals surface area contributed by atoms with Gasteiger partial charge in [-0.25, -0.2) is 4.98 Å². The highest BCUT2D eigenvalue weighted by molar-refractivity contribution is 7.10. The number of para-hydroxylation sites is 2. The van der Waals surface area contributed by atoms with Gasteiger partial charge in [-0.1, -0.05) is 32.0 Å². The second kappa shape index (κ2) is 6.00. The van der Waals surface area contributed by atoms with E-state index in [1.807, 2.05) is 17.4 Å². The summed E-state index contributed by atoms with van der Waals surface area (Å²) >= 11 is 1.81. The summed E-state index contributed by atoms with van der Waals surface area (Å²) in [5, 5.41) is 5.81. The van der Waals surface area contributed by atoms with Gasteiger partial charge in [-0.15, -0.1) is 11.3 Å². The normalized spacial score (nSPS) is 13.1. The number of hydrogen-bond acceptors (Lipinski definition) is 3. The predicted octanol–water partition coefficient (Wildman–Crippen LogP) is 4.12. The van der Waals surface area contributed by atoms with Crippen LogP contribution in [0.4, 0.5) is 0 Å². The first-order chi connectivity index (χ1) is 10.2. The lowest BCUT2D eigenvalue weighted by Gasteiger charge is -2.21. The van der Waals surface area contributed by atoms with Gasteiger partial charge in [0.1, 0.15) is 5.82 Å². The topological polar surface area (TPSA) is 29.9 Å². The van der Waals surface area contributed by atoms with Crippen molar-refractivity contribution in [2.45, 2.75) is 26.4 Å². The first-order valence-corrected chi connectivity index (χ1v) is 8.22. The van der Waals surface area contributed by atoms with Crippen molar-refractivity contribution < 1.29 is 0 Å². The molecule has 0 spiro atoms. The Morgan fingerprint density at radius 2 is 2.00 bits per heavy atom. The minimum atomic E-state index is 0.379. The van der Waals surface area contributed by atoms with Gasteiger partial charge in [0.2, 0.25) is 0 Å². The smallest absolute Gasteiger partial charge is 0.123 e. The maximum absolute atomic E-state index is 4.73. The molecule has 3 rings (SSSR count). The van der Waals surface area contributed by atoms with Gasteiger partial charge in [-0.2, -0.15) is 0 Å². The van der Waals surface area contributed by atoms with Gasteiger partial charge in [0.05, 0.1) is 17.6 Å². The molecule has 0 aliphatic rings. The molecule has 0 aliphatic heterocycles. The molecule has 0 saturated carbocycles. The van der Waals surface area contributed by atoms with E-state index < -0.39 is 0 Å². The number of imidazole rings is 1. The molecule has 110 valence electrons. The first kappa shape index (κ1) is 14.3. The number of fused-ring (bicyclic) bond motifs is 1. The molecule has 0 amide bonds. The Morgan fingerprint density at radius 1 is 1.19 bits per heavy atom. The number of benzene rings is 1. The summed E-state index contributed by atoms with van der Waals surface area (Å²) in [5.74, 6) is 1.64. The number of aromatic nitrogens is 2. The summed E-state index contributed by atoms with van der Waals surface area (Å²) in [5.41, 5.74) is 2.25. The molecule has 0 fully saturated rings. The van der Waals surface area contributed by atoms with Crippen molar-refractivity contribution in [3.63, 3.8) is 0 Å². The van der Waals surface area contributed by atoms with Gasteiger partial charge < -0.3 is 9.88 Å². The van der Waals surface area contributed by atoms with Gasteiger partial charge in [-0.05, 0) is 29.5 Å². The lowest BCUT2D eigenvalue weighted by molar-refractivity contribution is 0.409. The van der Waals surface area contributed by atoms with Crippen molar-refractivity contribution in [1.82, 2.24) is 14.9 Å². The van der Waals surface area contributed by atoms with Crippen molar-refractivity contribution in [2.75, 3.05) is 0 Å². The van der Waals surface area contributed by atoms with Crippen LogP contribution in [0.1, 0.15) is 30.6 Å². The highest BCUT2D eigenvalue weighted by Crippen LogP contribution is 2.26. The summed E-state index contributed by atoms with van der Waals surface area (Å²) in [4.78, 5) is 6.12. The van der Waals surface area contributed by atoms with Crippen LogP contribution in [0.5, 0.6) is 0 Å². The third-order valence-electron chi connectivity index (χ3n) is 3.88. The lowest BCUT2D eigenvalue weighted by Crippen LogP contribution is -2.25. The molecule has 2 heterocycles. The molecular formula is C17H21N3S. The first-order valence-electron chi connectivity index (χ1n) is 7.34. The lowest BCUT2D eigenvalue weighted by atomic mass is 10.0. The summed E-state index contributed by atoms with van der Waals surface area (Å²) in [6.07, 6.45) is 0. The zero-order chi connectivity index (χ0) is 14.8. The highest BCUT2D eigenvalue weighted by atomic mass is 32.1.